The molecule has 142 valence electrons. The van der Waals surface area contributed by atoms with Gasteiger partial charge in [-0.3, -0.25) is 9.36 Å². The number of nitrogen functional groups attached to an aromatic ring is 1. The topological polar surface area (TPSA) is 104 Å². The normalized spacial score (nSPS) is 10.5. The standard InChI is InChI=1S/C20H16FN3O4/c21-15-8-6-14(7-9-15)18-23-17(22)16(19(26)24(18)10-11-25)20(27)28-12-13-4-2-1-3-5-13/h1-9,11H,10,12,22H2. The maximum atomic E-state index is 13.2. The molecular formula is C20H16FN3O4. The number of aromatic nitrogens is 2. The quantitative estimate of drug-likeness (QED) is 0.518. The van der Waals surface area contributed by atoms with E-state index in [1.165, 1.54) is 24.3 Å². The maximum absolute atomic E-state index is 13.2. The average molecular weight is 381 g/mol. The van der Waals surface area contributed by atoms with Crippen LogP contribution in [0.25, 0.3) is 11.4 Å². The number of hydrogen-bond acceptors (Lipinski definition) is 6. The van der Waals surface area contributed by atoms with Gasteiger partial charge in [0.1, 0.15) is 30.4 Å². The Morgan fingerprint density at radius 3 is 2.46 bits per heavy atom. The molecule has 0 aliphatic carbocycles. The van der Waals surface area contributed by atoms with Crippen LogP contribution in [0.1, 0.15) is 15.9 Å². The Labute approximate surface area is 159 Å². The number of nitrogens with two attached hydrogens (primary N) is 1. The van der Waals surface area contributed by atoms with Gasteiger partial charge in [0, 0.05) is 5.56 Å². The monoisotopic (exact) mass is 381 g/mol. The van der Waals surface area contributed by atoms with Crippen molar-refractivity contribution in [3.05, 3.63) is 81.9 Å². The summed E-state index contributed by atoms with van der Waals surface area (Å²) in [6.45, 7) is -0.399. The van der Waals surface area contributed by atoms with Gasteiger partial charge in [-0.2, -0.15) is 0 Å². The minimum Gasteiger partial charge on any atom is -0.457 e. The number of halogens is 1. The molecule has 0 radical (unpaired) electrons. The van der Waals surface area contributed by atoms with E-state index in [9.17, 15) is 18.8 Å². The minimum absolute atomic E-state index is 0.0497. The van der Waals surface area contributed by atoms with Gasteiger partial charge in [0.15, 0.2) is 5.56 Å². The Hall–Kier alpha value is -3.81. The van der Waals surface area contributed by atoms with E-state index in [-0.39, 0.29) is 24.8 Å². The number of ether oxygens (including phenoxy) is 1. The minimum atomic E-state index is -0.941. The summed E-state index contributed by atoms with van der Waals surface area (Å²) in [5, 5.41) is 0. The van der Waals surface area contributed by atoms with Crippen molar-refractivity contribution in [1.29, 1.82) is 0 Å². The van der Waals surface area contributed by atoms with E-state index in [0.717, 1.165) is 10.1 Å². The lowest BCUT2D eigenvalue weighted by Gasteiger charge is -2.13. The second-order valence-corrected chi connectivity index (χ2v) is 5.85. The number of benzene rings is 2. The van der Waals surface area contributed by atoms with Crippen LogP contribution in [-0.4, -0.2) is 21.8 Å². The zero-order valence-corrected chi connectivity index (χ0v) is 14.7. The molecule has 0 bridgehead atoms. The molecule has 0 saturated carbocycles. The summed E-state index contributed by atoms with van der Waals surface area (Å²) >= 11 is 0. The van der Waals surface area contributed by atoms with Crippen LogP contribution in [0.3, 0.4) is 0 Å². The zero-order chi connectivity index (χ0) is 20.1. The van der Waals surface area contributed by atoms with Crippen LogP contribution in [0.2, 0.25) is 0 Å². The third-order valence-electron chi connectivity index (χ3n) is 3.97. The predicted molar refractivity (Wildman–Crippen MR) is 99.9 cm³/mol. The first-order chi connectivity index (χ1) is 13.5. The highest BCUT2D eigenvalue weighted by atomic mass is 19.1. The summed E-state index contributed by atoms with van der Waals surface area (Å²) in [6.07, 6.45) is 0.491. The fourth-order valence-electron chi connectivity index (χ4n) is 2.62. The molecule has 0 spiro atoms. The highest BCUT2D eigenvalue weighted by molar-refractivity contribution is 5.94. The maximum Gasteiger partial charge on any atom is 0.347 e. The van der Waals surface area contributed by atoms with Crippen molar-refractivity contribution in [2.24, 2.45) is 0 Å². The predicted octanol–water partition coefficient (Wildman–Crippen LogP) is 2.19. The number of anilines is 1. The number of hydrogen-bond donors (Lipinski definition) is 1. The summed E-state index contributed by atoms with van der Waals surface area (Å²) in [5.74, 6) is -1.69. The molecule has 0 amide bonds. The van der Waals surface area contributed by atoms with Gasteiger partial charge in [0.25, 0.3) is 5.56 Å². The second kappa shape index (κ2) is 8.26. The van der Waals surface area contributed by atoms with E-state index in [0.29, 0.717) is 11.8 Å². The molecule has 0 fully saturated rings. The lowest BCUT2D eigenvalue weighted by Crippen LogP contribution is -2.31. The molecule has 3 aromatic rings. The molecule has 0 saturated heterocycles. The van der Waals surface area contributed by atoms with Crippen LogP contribution in [-0.2, 0) is 22.7 Å². The van der Waals surface area contributed by atoms with Crippen LogP contribution < -0.4 is 11.3 Å². The summed E-state index contributed by atoms with van der Waals surface area (Å²) in [5.41, 5.74) is 5.68. The largest absolute Gasteiger partial charge is 0.457 e. The van der Waals surface area contributed by atoms with Gasteiger partial charge in [-0.1, -0.05) is 30.3 Å². The molecule has 1 aromatic heterocycles. The number of nitrogens with zero attached hydrogens (tertiary/aromatic N) is 2. The first-order valence-electron chi connectivity index (χ1n) is 8.32. The van der Waals surface area contributed by atoms with Gasteiger partial charge in [-0.05, 0) is 29.8 Å². The van der Waals surface area contributed by atoms with Crippen molar-refractivity contribution in [2.75, 3.05) is 5.73 Å². The van der Waals surface area contributed by atoms with Crippen LogP contribution in [0.5, 0.6) is 0 Å². The molecule has 28 heavy (non-hydrogen) atoms. The fourth-order valence-corrected chi connectivity index (χ4v) is 2.62. The van der Waals surface area contributed by atoms with Crippen molar-refractivity contribution >= 4 is 18.1 Å². The molecule has 1 heterocycles. The molecule has 0 unspecified atom stereocenters. The molecule has 0 aliphatic heterocycles. The number of carbonyl (C=O) groups is 2. The Bertz CT molecular complexity index is 1060. The summed E-state index contributed by atoms with van der Waals surface area (Å²) in [6, 6.07) is 14.1. The lowest BCUT2D eigenvalue weighted by molar-refractivity contribution is -0.108. The van der Waals surface area contributed by atoms with Gasteiger partial charge in [-0.15, -0.1) is 0 Å². The van der Waals surface area contributed by atoms with Crippen molar-refractivity contribution in [3.63, 3.8) is 0 Å². The Balaban J connectivity index is 1.99. The summed E-state index contributed by atoms with van der Waals surface area (Å²) in [7, 11) is 0. The van der Waals surface area contributed by atoms with E-state index in [1.54, 1.807) is 24.3 Å². The third kappa shape index (κ3) is 3.96. The van der Waals surface area contributed by atoms with Gasteiger partial charge in [0.2, 0.25) is 0 Å². The van der Waals surface area contributed by atoms with E-state index in [2.05, 4.69) is 4.98 Å². The average Bonchev–Trinajstić information content (AvgIpc) is 2.70. The van der Waals surface area contributed by atoms with Crippen LogP contribution in [0.4, 0.5) is 10.2 Å². The number of aldehydes is 1. The Morgan fingerprint density at radius 2 is 1.82 bits per heavy atom. The van der Waals surface area contributed by atoms with E-state index in [4.69, 9.17) is 10.5 Å². The van der Waals surface area contributed by atoms with E-state index in [1.807, 2.05) is 6.07 Å². The fraction of sp³-hybridized carbons (Fsp3) is 0.100. The highest BCUT2D eigenvalue weighted by Gasteiger charge is 2.23. The molecule has 2 N–H and O–H groups in total. The zero-order valence-electron chi connectivity index (χ0n) is 14.7. The van der Waals surface area contributed by atoms with Gasteiger partial charge < -0.3 is 15.3 Å². The highest BCUT2D eigenvalue weighted by Crippen LogP contribution is 2.19. The molecule has 0 atom stereocenters. The number of rotatable bonds is 6. The van der Waals surface area contributed by atoms with Crippen molar-refractivity contribution in [1.82, 2.24) is 9.55 Å². The van der Waals surface area contributed by atoms with E-state index >= 15 is 0 Å². The van der Waals surface area contributed by atoms with Gasteiger partial charge in [0.05, 0.1) is 6.54 Å². The first-order valence-corrected chi connectivity index (χ1v) is 8.32. The van der Waals surface area contributed by atoms with Crippen LogP contribution in [0, 0.1) is 5.82 Å². The smallest absolute Gasteiger partial charge is 0.347 e. The number of esters is 1. The molecular weight excluding hydrogens is 365 g/mol. The summed E-state index contributed by atoms with van der Waals surface area (Å²) < 4.78 is 19.3. The Kier molecular flexibility index (Phi) is 5.59. The SMILES string of the molecule is Nc1nc(-c2ccc(F)cc2)n(CC=O)c(=O)c1C(=O)OCc1ccccc1. The van der Waals surface area contributed by atoms with Crippen molar-refractivity contribution in [2.45, 2.75) is 13.2 Å². The van der Waals surface area contributed by atoms with Crippen LogP contribution >= 0.6 is 0 Å². The Morgan fingerprint density at radius 1 is 1.14 bits per heavy atom. The lowest BCUT2D eigenvalue weighted by atomic mass is 10.2. The molecule has 3 rings (SSSR count). The number of carbonyl (C=O) groups excluding carboxylic acids is 2. The van der Waals surface area contributed by atoms with Crippen LogP contribution in [0.15, 0.2) is 59.4 Å². The van der Waals surface area contributed by atoms with Crippen molar-refractivity contribution < 1.29 is 18.7 Å². The van der Waals surface area contributed by atoms with E-state index < -0.39 is 22.9 Å². The molecule has 2 aromatic carbocycles. The second-order valence-electron chi connectivity index (χ2n) is 5.85. The molecule has 0 aliphatic rings. The molecule has 7 nitrogen and oxygen atoms in total. The summed E-state index contributed by atoms with van der Waals surface area (Å²) in [4.78, 5) is 40.4. The molecule has 8 heteroatoms. The van der Waals surface area contributed by atoms with Gasteiger partial charge >= 0.3 is 5.97 Å². The third-order valence-corrected chi connectivity index (χ3v) is 3.97. The van der Waals surface area contributed by atoms with Crippen molar-refractivity contribution in [3.8, 4) is 11.4 Å². The first kappa shape index (κ1) is 19.0. The van der Waals surface area contributed by atoms with Gasteiger partial charge in [-0.25, -0.2) is 14.2 Å².